The normalized spacial score (nSPS) is 11.8. The Morgan fingerprint density at radius 1 is 0.971 bits per heavy atom. The SMILES string of the molecule is CCN(CC)CCc1ccc(N=C(c2ccccc2)c2c(O)[nH]c3cc(C(=O)OC)ccc23)cc1. The summed E-state index contributed by atoms with van der Waals surface area (Å²) < 4.78 is 4.83. The Balaban J connectivity index is 1.73. The number of nitrogens with zero attached hydrogens (tertiary/aromatic N) is 2. The molecule has 0 saturated carbocycles. The average Bonchev–Trinajstić information content (AvgIpc) is 3.23. The van der Waals surface area contributed by atoms with Crippen LogP contribution in [0.3, 0.4) is 0 Å². The number of carbonyl (C=O) groups excluding carboxylic acids is 1. The number of aromatic nitrogens is 1. The number of fused-ring (bicyclic) bond motifs is 1. The molecule has 0 aliphatic heterocycles. The van der Waals surface area contributed by atoms with E-state index in [1.807, 2.05) is 48.5 Å². The van der Waals surface area contributed by atoms with Crippen molar-refractivity contribution in [2.75, 3.05) is 26.7 Å². The lowest BCUT2D eigenvalue weighted by Crippen LogP contribution is -2.25. The number of nitrogens with one attached hydrogen (secondary N) is 1. The fourth-order valence-electron chi connectivity index (χ4n) is 4.22. The van der Waals surface area contributed by atoms with E-state index in [1.54, 1.807) is 12.1 Å². The van der Waals surface area contributed by atoms with Gasteiger partial charge in [0.15, 0.2) is 5.88 Å². The molecule has 4 aromatic rings. The number of carbonyl (C=O) groups is 1. The van der Waals surface area contributed by atoms with Crippen LogP contribution in [0.5, 0.6) is 5.88 Å². The van der Waals surface area contributed by atoms with Gasteiger partial charge in [0, 0.05) is 23.0 Å². The van der Waals surface area contributed by atoms with Crippen molar-refractivity contribution in [3.63, 3.8) is 0 Å². The molecule has 0 fully saturated rings. The van der Waals surface area contributed by atoms with E-state index in [1.165, 1.54) is 12.7 Å². The molecule has 35 heavy (non-hydrogen) atoms. The van der Waals surface area contributed by atoms with Gasteiger partial charge in [-0.2, -0.15) is 0 Å². The number of H-pyrrole nitrogens is 1. The number of likely N-dealkylation sites (N-methyl/N-ethyl adjacent to an activating group) is 1. The Morgan fingerprint density at radius 2 is 1.69 bits per heavy atom. The van der Waals surface area contributed by atoms with E-state index in [2.05, 4.69) is 35.9 Å². The van der Waals surface area contributed by atoms with E-state index < -0.39 is 5.97 Å². The van der Waals surface area contributed by atoms with Crippen LogP contribution in [0, 0.1) is 0 Å². The molecule has 6 nitrogen and oxygen atoms in total. The van der Waals surface area contributed by atoms with Crippen LogP contribution < -0.4 is 0 Å². The molecule has 0 bridgehead atoms. The second kappa shape index (κ2) is 11.0. The van der Waals surface area contributed by atoms with Crippen molar-refractivity contribution in [1.82, 2.24) is 9.88 Å². The third-order valence-electron chi connectivity index (χ3n) is 6.27. The van der Waals surface area contributed by atoms with Crippen molar-refractivity contribution in [3.05, 3.63) is 95.1 Å². The molecule has 0 spiro atoms. The van der Waals surface area contributed by atoms with Crippen LogP contribution in [0.2, 0.25) is 0 Å². The molecule has 1 aromatic heterocycles. The molecule has 3 aromatic carbocycles. The second-order valence-corrected chi connectivity index (χ2v) is 8.37. The Bertz CT molecular complexity index is 1320. The van der Waals surface area contributed by atoms with Gasteiger partial charge in [-0.25, -0.2) is 9.79 Å². The topological polar surface area (TPSA) is 77.9 Å². The van der Waals surface area contributed by atoms with E-state index in [0.717, 1.165) is 42.7 Å². The molecule has 1 heterocycles. The van der Waals surface area contributed by atoms with Gasteiger partial charge in [-0.05, 0) is 49.3 Å². The smallest absolute Gasteiger partial charge is 0.337 e. The first-order chi connectivity index (χ1) is 17.0. The third-order valence-corrected chi connectivity index (χ3v) is 6.27. The van der Waals surface area contributed by atoms with Crippen LogP contribution in [0.25, 0.3) is 10.9 Å². The molecule has 6 heteroatoms. The molecule has 0 aliphatic rings. The number of hydrogen-bond donors (Lipinski definition) is 2. The van der Waals surface area contributed by atoms with Gasteiger partial charge >= 0.3 is 5.97 Å². The fraction of sp³-hybridized carbons (Fsp3) is 0.241. The number of methoxy groups -OCH3 is 1. The van der Waals surface area contributed by atoms with Gasteiger partial charge in [-0.1, -0.05) is 62.4 Å². The van der Waals surface area contributed by atoms with Crippen LogP contribution in [-0.4, -0.2) is 53.4 Å². The number of esters is 1. The van der Waals surface area contributed by atoms with Gasteiger partial charge < -0.3 is 19.7 Å². The quantitative estimate of drug-likeness (QED) is 0.243. The molecule has 2 N–H and O–H groups in total. The predicted molar refractivity (Wildman–Crippen MR) is 141 cm³/mol. The molecule has 0 amide bonds. The molecular weight excluding hydrogens is 438 g/mol. The highest BCUT2D eigenvalue weighted by atomic mass is 16.5. The predicted octanol–water partition coefficient (Wildman–Crippen LogP) is 5.71. The van der Waals surface area contributed by atoms with E-state index in [4.69, 9.17) is 9.73 Å². The first kappa shape index (κ1) is 24.2. The lowest BCUT2D eigenvalue weighted by atomic mass is 10.00. The number of aliphatic imine (C=N–C) groups is 1. The summed E-state index contributed by atoms with van der Waals surface area (Å²) in [6, 6.07) is 23.2. The van der Waals surface area contributed by atoms with Gasteiger partial charge in [0.25, 0.3) is 0 Å². The highest BCUT2D eigenvalue weighted by molar-refractivity contribution is 6.22. The molecular formula is C29H31N3O3. The van der Waals surface area contributed by atoms with E-state index in [-0.39, 0.29) is 5.88 Å². The molecule has 180 valence electrons. The minimum absolute atomic E-state index is 0.000427. The molecule has 4 rings (SSSR count). The summed E-state index contributed by atoms with van der Waals surface area (Å²) in [6.07, 6.45) is 0.989. The minimum atomic E-state index is -0.430. The zero-order valence-electron chi connectivity index (χ0n) is 20.4. The van der Waals surface area contributed by atoms with E-state index in [9.17, 15) is 9.90 Å². The number of ether oxygens (including phenoxy) is 1. The summed E-state index contributed by atoms with van der Waals surface area (Å²) in [6.45, 7) is 7.50. The molecule has 0 unspecified atom stereocenters. The maximum atomic E-state index is 12.0. The van der Waals surface area contributed by atoms with Crippen LogP contribution in [-0.2, 0) is 11.2 Å². The number of aromatic hydroxyl groups is 1. The highest BCUT2D eigenvalue weighted by Crippen LogP contribution is 2.32. The number of rotatable bonds is 9. The van der Waals surface area contributed by atoms with Gasteiger partial charge in [-0.15, -0.1) is 0 Å². The first-order valence-corrected chi connectivity index (χ1v) is 11.9. The summed E-state index contributed by atoms with van der Waals surface area (Å²) in [5.41, 5.74) is 5.23. The summed E-state index contributed by atoms with van der Waals surface area (Å²) in [4.78, 5) is 22.3. The fourth-order valence-corrected chi connectivity index (χ4v) is 4.22. The Kier molecular flexibility index (Phi) is 7.63. The zero-order chi connectivity index (χ0) is 24.8. The van der Waals surface area contributed by atoms with Gasteiger partial charge in [0.1, 0.15) is 0 Å². The van der Waals surface area contributed by atoms with Crippen LogP contribution in [0.4, 0.5) is 5.69 Å². The second-order valence-electron chi connectivity index (χ2n) is 8.37. The Morgan fingerprint density at radius 3 is 2.34 bits per heavy atom. The summed E-state index contributed by atoms with van der Waals surface area (Å²) in [5, 5.41) is 11.7. The molecule has 0 saturated heterocycles. The minimum Gasteiger partial charge on any atom is -0.494 e. The average molecular weight is 470 g/mol. The molecule has 0 aliphatic carbocycles. The maximum absolute atomic E-state index is 12.0. The molecule has 0 radical (unpaired) electrons. The Labute approximate surface area is 205 Å². The van der Waals surface area contributed by atoms with Gasteiger partial charge in [0.2, 0.25) is 0 Å². The molecule has 0 atom stereocenters. The van der Waals surface area contributed by atoms with Gasteiger partial charge in [-0.3, -0.25) is 0 Å². The van der Waals surface area contributed by atoms with Crippen molar-refractivity contribution >= 4 is 28.3 Å². The standard InChI is InChI=1S/C29H31N3O3/c1-4-32(5-2)18-17-20-11-14-23(15-12-20)30-27(21-9-7-6-8-10-21)26-24-16-13-22(29(34)35-3)19-25(24)31-28(26)33/h6-16,19,31,33H,4-5,17-18H2,1-3H3. The summed E-state index contributed by atoms with van der Waals surface area (Å²) in [5.74, 6) is -0.430. The lowest BCUT2D eigenvalue weighted by molar-refractivity contribution is 0.0601. The zero-order valence-corrected chi connectivity index (χ0v) is 20.4. The van der Waals surface area contributed by atoms with Gasteiger partial charge in [0.05, 0.1) is 29.6 Å². The van der Waals surface area contributed by atoms with Crippen LogP contribution in [0.15, 0.2) is 77.8 Å². The Hall–Kier alpha value is -3.90. The first-order valence-electron chi connectivity index (χ1n) is 11.9. The van der Waals surface area contributed by atoms with Crippen molar-refractivity contribution < 1.29 is 14.6 Å². The lowest BCUT2D eigenvalue weighted by Gasteiger charge is -2.17. The summed E-state index contributed by atoms with van der Waals surface area (Å²) in [7, 11) is 1.35. The van der Waals surface area contributed by atoms with E-state index in [0.29, 0.717) is 22.4 Å². The largest absolute Gasteiger partial charge is 0.494 e. The van der Waals surface area contributed by atoms with Crippen LogP contribution >= 0.6 is 0 Å². The number of aromatic amines is 1. The monoisotopic (exact) mass is 469 g/mol. The number of hydrogen-bond acceptors (Lipinski definition) is 5. The summed E-state index contributed by atoms with van der Waals surface area (Å²) >= 11 is 0. The van der Waals surface area contributed by atoms with Crippen molar-refractivity contribution in [2.24, 2.45) is 4.99 Å². The van der Waals surface area contributed by atoms with Crippen molar-refractivity contribution in [2.45, 2.75) is 20.3 Å². The van der Waals surface area contributed by atoms with Crippen molar-refractivity contribution in [3.8, 4) is 5.88 Å². The van der Waals surface area contributed by atoms with Crippen LogP contribution in [0.1, 0.15) is 40.9 Å². The number of benzene rings is 3. The third kappa shape index (κ3) is 5.44. The maximum Gasteiger partial charge on any atom is 0.337 e. The highest BCUT2D eigenvalue weighted by Gasteiger charge is 2.20. The van der Waals surface area contributed by atoms with Crippen molar-refractivity contribution in [1.29, 1.82) is 0 Å². The van der Waals surface area contributed by atoms with E-state index >= 15 is 0 Å².